The van der Waals surface area contributed by atoms with E-state index in [1.807, 2.05) is 0 Å². The minimum absolute atomic E-state index is 0.182. The van der Waals surface area contributed by atoms with Crippen LogP contribution in [0, 0.1) is 0 Å². The third kappa shape index (κ3) is 2.53. The maximum absolute atomic E-state index is 12.9. The summed E-state index contributed by atoms with van der Waals surface area (Å²) in [5.41, 5.74) is 0.254. The monoisotopic (exact) mass is 368 g/mol. The number of fused-ring (bicyclic) bond motifs is 2. The van der Waals surface area contributed by atoms with E-state index in [9.17, 15) is 19.2 Å². The molecule has 0 atom stereocenters. The standard InChI is InChI=1S/C17H16N6O4/c1-20-9-18-15-14(20)16(26)23(17(27)21(15)2)8-13(25)22-7-12(24)19-10-5-3-4-6-11(10)22/h3-6,9H,7-8H2,1-2H3,(H,19,24). The van der Waals surface area contributed by atoms with Gasteiger partial charge in [-0.05, 0) is 12.1 Å². The molecule has 2 amide bonds. The van der Waals surface area contributed by atoms with Crippen LogP contribution in [0.5, 0.6) is 0 Å². The van der Waals surface area contributed by atoms with Crippen LogP contribution in [-0.4, -0.2) is 37.0 Å². The fraction of sp³-hybridized carbons (Fsp3) is 0.235. The van der Waals surface area contributed by atoms with Gasteiger partial charge in [0, 0.05) is 14.1 Å². The van der Waals surface area contributed by atoms with Crippen LogP contribution in [0.1, 0.15) is 0 Å². The van der Waals surface area contributed by atoms with Crippen LogP contribution in [0.2, 0.25) is 0 Å². The number of amides is 2. The molecule has 0 saturated carbocycles. The number of nitrogens with one attached hydrogen (secondary N) is 1. The highest BCUT2D eigenvalue weighted by Gasteiger charge is 2.28. The summed E-state index contributed by atoms with van der Waals surface area (Å²) >= 11 is 0. The van der Waals surface area contributed by atoms with Crippen LogP contribution in [0.4, 0.5) is 11.4 Å². The number of para-hydroxylation sites is 2. The summed E-state index contributed by atoms with van der Waals surface area (Å²) in [5, 5.41) is 2.69. The summed E-state index contributed by atoms with van der Waals surface area (Å²) in [4.78, 5) is 55.4. The maximum Gasteiger partial charge on any atom is 0.332 e. The van der Waals surface area contributed by atoms with Crippen molar-refractivity contribution in [1.29, 1.82) is 0 Å². The average molecular weight is 368 g/mol. The molecule has 0 radical (unpaired) electrons. The first-order chi connectivity index (χ1) is 12.9. The van der Waals surface area contributed by atoms with Gasteiger partial charge in [-0.1, -0.05) is 12.1 Å². The summed E-state index contributed by atoms with van der Waals surface area (Å²) in [6.45, 7) is -0.660. The number of carbonyl (C=O) groups excluding carboxylic acids is 2. The van der Waals surface area contributed by atoms with E-state index in [1.54, 1.807) is 31.3 Å². The number of hydrogen-bond donors (Lipinski definition) is 1. The van der Waals surface area contributed by atoms with Gasteiger partial charge < -0.3 is 9.88 Å². The van der Waals surface area contributed by atoms with E-state index in [4.69, 9.17) is 0 Å². The fourth-order valence-electron chi connectivity index (χ4n) is 3.21. The Morgan fingerprint density at radius 2 is 1.93 bits per heavy atom. The fourth-order valence-corrected chi connectivity index (χ4v) is 3.21. The number of nitrogens with zero attached hydrogens (tertiary/aromatic N) is 5. The van der Waals surface area contributed by atoms with Crippen molar-refractivity contribution >= 4 is 34.4 Å². The van der Waals surface area contributed by atoms with E-state index >= 15 is 0 Å². The SMILES string of the molecule is Cn1cnc2c1c(=O)n(CC(=O)N1CC(=O)Nc3ccccc31)c(=O)n2C. The zero-order valence-corrected chi connectivity index (χ0v) is 14.7. The molecular formula is C17H16N6O4. The van der Waals surface area contributed by atoms with Crippen molar-refractivity contribution in [2.45, 2.75) is 6.54 Å². The largest absolute Gasteiger partial charge is 0.332 e. The minimum Gasteiger partial charge on any atom is -0.328 e. The summed E-state index contributed by atoms with van der Waals surface area (Å²) in [6.07, 6.45) is 1.43. The molecule has 0 spiro atoms. The van der Waals surface area contributed by atoms with E-state index in [0.717, 1.165) is 4.57 Å². The van der Waals surface area contributed by atoms with Gasteiger partial charge in [-0.3, -0.25) is 23.9 Å². The Bertz CT molecular complexity index is 1220. The lowest BCUT2D eigenvalue weighted by molar-refractivity contribution is -0.122. The summed E-state index contributed by atoms with van der Waals surface area (Å²) < 4.78 is 3.59. The molecule has 0 bridgehead atoms. The normalized spacial score (nSPS) is 13.6. The van der Waals surface area contributed by atoms with Crippen molar-refractivity contribution in [3.8, 4) is 0 Å². The quantitative estimate of drug-likeness (QED) is 0.650. The van der Waals surface area contributed by atoms with Crippen LogP contribution >= 0.6 is 0 Å². The van der Waals surface area contributed by atoms with Crippen molar-refractivity contribution < 1.29 is 9.59 Å². The first kappa shape index (κ1) is 16.8. The second-order valence-electron chi connectivity index (χ2n) is 6.31. The number of aromatic nitrogens is 4. The molecule has 1 N–H and O–H groups in total. The van der Waals surface area contributed by atoms with Crippen LogP contribution in [0.25, 0.3) is 11.2 Å². The van der Waals surface area contributed by atoms with Gasteiger partial charge in [0.1, 0.15) is 13.1 Å². The highest BCUT2D eigenvalue weighted by atomic mass is 16.2. The molecule has 0 unspecified atom stereocenters. The van der Waals surface area contributed by atoms with Gasteiger partial charge in [0.25, 0.3) is 5.56 Å². The number of aryl methyl sites for hydroxylation is 2. The van der Waals surface area contributed by atoms with Crippen molar-refractivity contribution in [1.82, 2.24) is 18.7 Å². The molecule has 1 aliphatic rings. The molecule has 0 aliphatic carbocycles. The Labute approximate surface area is 152 Å². The highest BCUT2D eigenvalue weighted by molar-refractivity contribution is 6.09. The number of anilines is 2. The predicted molar refractivity (Wildman–Crippen MR) is 97.6 cm³/mol. The number of carbonyl (C=O) groups is 2. The van der Waals surface area contributed by atoms with Crippen LogP contribution < -0.4 is 21.5 Å². The second kappa shape index (κ2) is 5.94. The lowest BCUT2D eigenvalue weighted by Crippen LogP contribution is -2.48. The van der Waals surface area contributed by atoms with Gasteiger partial charge in [0.2, 0.25) is 11.8 Å². The van der Waals surface area contributed by atoms with Crippen molar-refractivity contribution in [2.24, 2.45) is 14.1 Å². The molecule has 138 valence electrons. The first-order valence-electron chi connectivity index (χ1n) is 8.18. The molecule has 3 aromatic rings. The summed E-state index contributed by atoms with van der Waals surface area (Å²) in [5.74, 6) is -0.873. The molecule has 0 saturated heterocycles. The lowest BCUT2D eigenvalue weighted by Gasteiger charge is -2.29. The average Bonchev–Trinajstić information content (AvgIpc) is 3.04. The van der Waals surface area contributed by atoms with Gasteiger partial charge in [0.05, 0.1) is 17.7 Å². The Balaban J connectivity index is 1.79. The van der Waals surface area contributed by atoms with Gasteiger partial charge in [0.15, 0.2) is 11.2 Å². The maximum atomic E-state index is 12.9. The molecule has 1 aromatic carbocycles. The molecule has 27 heavy (non-hydrogen) atoms. The summed E-state index contributed by atoms with van der Waals surface area (Å²) in [7, 11) is 3.13. The zero-order valence-electron chi connectivity index (χ0n) is 14.7. The van der Waals surface area contributed by atoms with E-state index in [1.165, 1.54) is 27.4 Å². The Kier molecular flexibility index (Phi) is 3.69. The molecule has 3 heterocycles. The van der Waals surface area contributed by atoms with Crippen molar-refractivity contribution in [2.75, 3.05) is 16.8 Å². The zero-order chi connectivity index (χ0) is 19.3. The molecular weight excluding hydrogens is 352 g/mol. The molecule has 10 nitrogen and oxygen atoms in total. The second-order valence-corrected chi connectivity index (χ2v) is 6.31. The van der Waals surface area contributed by atoms with Gasteiger partial charge in [-0.25, -0.2) is 14.3 Å². The molecule has 10 heteroatoms. The molecule has 1 aliphatic heterocycles. The Hall–Kier alpha value is -3.69. The topological polar surface area (TPSA) is 111 Å². The van der Waals surface area contributed by atoms with Crippen LogP contribution in [0.15, 0.2) is 40.2 Å². The third-order valence-electron chi connectivity index (χ3n) is 4.57. The molecule has 0 fully saturated rings. The van der Waals surface area contributed by atoms with E-state index in [2.05, 4.69) is 10.3 Å². The van der Waals surface area contributed by atoms with Crippen LogP contribution in [-0.2, 0) is 30.2 Å². The summed E-state index contributed by atoms with van der Waals surface area (Å²) in [6, 6.07) is 6.85. The Morgan fingerprint density at radius 1 is 1.19 bits per heavy atom. The number of imidazole rings is 1. The number of rotatable bonds is 2. The number of hydrogen-bond acceptors (Lipinski definition) is 5. The van der Waals surface area contributed by atoms with E-state index in [0.29, 0.717) is 11.4 Å². The minimum atomic E-state index is -0.644. The van der Waals surface area contributed by atoms with Crippen LogP contribution in [0.3, 0.4) is 0 Å². The van der Waals surface area contributed by atoms with Crippen molar-refractivity contribution in [3.63, 3.8) is 0 Å². The number of benzene rings is 1. The van der Waals surface area contributed by atoms with E-state index < -0.39 is 23.7 Å². The Morgan fingerprint density at radius 3 is 2.70 bits per heavy atom. The highest BCUT2D eigenvalue weighted by Crippen LogP contribution is 2.28. The van der Waals surface area contributed by atoms with Crippen molar-refractivity contribution in [3.05, 3.63) is 51.4 Å². The lowest BCUT2D eigenvalue weighted by atomic mass is 10.2. The third-order valence-corrected chi connectivity index (χ3v) is 4.57. The predicted octanol–water partition coefficient (Wildman–Crippen LogP) is -0.581. The van der Waals surface area contributed by atoms with Gasteiger partial charge >= 0.3 is 5.69 Å². The first-order valence-corrected chi connectivity index (χ1v) is 8.18. The molecule has 4 rings (SSSR count). The molecule has 2 aromatic heterocycles. The van der Waals surface area contributed by atoms with Gasteiger partial charge in [-0.2, -0.15) is 0 Å². The van der Waals surface area contributed by atoms with E-state index in [-0.39, 0.29) is 23.6 Å². The smallest absolute Gasteiger partial charge is 0.328 e. The van der Waals surface area contributed by atoms with Gasteiger partial charge in [-0.15, -0.1) is 0 Å².